The maximum atomic E-state index is 13.3. The lowest BCUT2D eigenvalue weighted by molar-refractivity contribution is 0.102. The lowest BCUT2D eigenvalue weighted by Gasteiger charge is -2.09. The molecule has 28 heavy (non-hydrogen) atoms. The van der Waals surface area contributed by atoms with E-state index < -0.39 is 17.5 Å². The van der Waals surface area contributed by atoms with Crippen molar-refractivity contribution in [2.45, 2.75) is 6.54 Å². The molecule has 6 nitrogen and oxygen atoms in total. The molecule has 2 heterocycles. The minimum absolute atomic E-state index is 0.163. The quantitative estimate of drug-likeness (QED) is 0.698. The highest BCUT2D eigenvalue weighted by atomic mass is 19.2. The van der Waals surface area contributed by atoms with Gasteiger partial charge in [-0.3, -0.25) is 4.79 Å². The van der Waals surface area contributed by atoms with Crippen molar-refractivity contribution in [3.05, 3.63) is 77.5 Å². The van der Waals surface area contributed by atoms with Crippen LogP contribution in [0.1, 0.15) is 15.9 Å². The summed E-state index contributed by atoms with van der Waals surface area (Å²) in [5, 5.41) is 5.65. The number of carbonyl (C=O) groups excluding carboxylic acids is 1. The highest BCUT2D eigenvalue weighted by molar-refractivity contribution is 6.04. The molecule has 2 aromatic carbocycles. The Morgan fingerprint density at radius 2 is 1.86 bits per heavy atom. The molecule has 0 unspecified atom stereocenters. The first-order valence-electron chi connectivity index (χ1n) is 8.43. The van der Waals surface area contributed by atoms with Gasteiger partial charge in [-0.25, -0.2) is 13.8 Å². The lowest BCUT2D eigenvalue weighted by Crippen LogP contribution is -2.13. The number of benzene rings is 2. The van der Waals surface area contributed by atoms with Crippen molar-refractivity contribution >= 4 is 17.4 Å². The Kier molecular flexibility index (Phi) is 4.76. The Morgan fingerprint density at radius 1 is 1.00 bits per heavy atom. The molecule has 1 amide bonds. The van der Waals surface area contributed by atoms with E-state index >= 15 is 0 Å². The minimum atomic E-state index is -1.03. The van der Waals surface area contributed by atoms with Crippen molar-refractivity contribution in [1.82, 2.24) is 4.98 Å². The normalized spacial score (nSPS) is 11.9. The van der Waals surface area contributed by atoms with Crippen LogP contribution in [0.5, 0.6) is 11.5 Å². The number of ether oxygens (including phenoxy) is 2. The molecule has 0 saturated heterocycles. The molecule has 0 radical (unpaired) electrons. The predicted octanol–water partition coefficient (Wildman–Crippen LogP) is 3.95. The summed E-state index contributed by atoms with van der Waals surface area (Å²) >= 11 is 0. The number of hydrogen-bond donors (Lipinski definition) is 2. The summed E-state index contributed by atoms with van der Waals surface area (Å²) in [6.45, 7) is 0.681. The van der Waals surface area contributed by atoms with E-state index in [1.165, 1.54) is 18.3 Å². The molecule has 2 N–H and O–H groups in total. The number of hydrogen-bond acceptors (Lipinski definition) is 5. The van der Waals surface area contributed by atoms with Crippen LogP contribution in [0.3, 0.4) is 0 Å². The fraction of sp³-hybridized carbons (Fsp3) is 0.100. The molecule has 1 aliphatic rings. The van der Waals surface area contributed by atoms with Gasteiger partial charge < -0.3 is 20.1 Å². The van der Waals surface area contributed by atoms with Crippen molar-refractivity contribution in [2.24, 2.45) is 0 Å². The van der Waals surface area contributed by atoms with Crippen LogP contribution < -0.4 is 20.1 Å². The number of rotatable bonds is 5. The summed E-state index contributed by atoms with van der Waals surface area (Å²) in [5.41, 5.74) is 1.45. The zero-order valence-corrected chi connectivity index (χ0v) is 14.5. The van der Waals surface area contributed by atoms with Crippen LogP contribution in [0.2, 0.25) is 0 Å². The Morgan fingerprint density at radius 3 is 2.71 bits per heavy atom. The number of halogens is 2. The second-order valence-corrected chi connectivity index (χ2v) is 6.05. The molecular formula is C20H15F2N3O3. The number of nitrogens with zero attached hydrogens (tertiary/aromatic N) is 1. The van der Waals surface area contributed by atoms with Gasteiger partial charge in [-0.2, -0.15) is 0 Å². The number of carbonyl (C=O) groups is 1. The van der Waals surface area contributed by atoms with Gasteiger partial charge in [0.15, 0.2) is 23.1 Å². The average molecular weight is 383 g/mol. The Labute approximate surface area is 159 Å². The summed E-state index contributed by atoms with van der Waals surface area (Å²) in [4.78, 5) is 16.5. The van der Waals surface area contributed by atoms with Gasteiger partial charge in [0, 0.05) is 30.1 Å². The predicted molar refractivity (Wildman–Crippen MR) is 98.4 cm³/mol. The lowest BCUT2D eigenvalue weighted by atomic mass is 10.2. The van der Waals surface area contributed by atoms with Gasteiger partial charge in [-0.15, -0.1) is 0 Å². The van der Waals surface area contributed by atoms with Gasteiger partial charge in [-0.1, -0.05) is 6.07 Å². The van der Waals surface area contributed by atoms with Crippen LogP contribution in [-0.2, 0) is 6.54 Å². The summed E-state index contributed by atoms with van der Waals surface area (Å²) < 4.78 is 36.9. The minimum Gasteiger partial charge on any atom is -0.454 e. The molecule has 1 aliphatic heterocycles. The SMILES string of the molecule is O=C(Nc1ccc(F)c(F)c1)c1ccnc(NCc2ccc3c(c2)OCO3)c1. The molecule has 4 rings (SSSR count). The molecule has 0 atom stereocenters. The molecule has 1 aromatic heterocycles. The Bertz CT molecular complexity index is 1040. The Balaban J connectivity index is 1.42. The van der Waals surface area contributed by atoms with Crippen LogP contribution in [0.15, 0.2) is 54.7 Å². The number of pyridine rings is 1. The summed E-state index contributed by atoms with van der Waals surface area (Å²) in [6.07, 6.45) is 1.49. The molecule has 3 aromatic rings. The standard InChI is InChI=1S/C20H15F2N3O3/c21-15-3-2-14(9-16(15)22)25-20(26)13-5-6-23-19(8-13)24-10-12-1-4-17-18(7-12)28-11-27-17/h1-9H,10-11H2,(H,23,24)(H,25,26). The van der Waals surface area contributed by atoms with E-state index in [9.17, 15) is 13.6 Å². The highest BCUT2D eigenvalue weighted by Gasteiger charge is 2.13. The summed E-state index contributed by atoms with van der Waals surface area (Å²) in [7, 11) is 0. The molecular weight excluding hydrogens is 368 g/mol. The zero-order valence-electron chi connectivity index (χ0n) is 14.5. The molecule has 0 bridgehead atoms. The van der Waals surface area contributed by atoms with E-state index in [-0.39, 0.29) is 12.5 Å². The van der Waals surface area contributed by atoms with Crippen LogP contribution in [0.4, 0.5) is 20.3 Å². The third-order valence-electron chi connectivity index (χ3n) is 4.11. The van der Waals surface area contributed by atoms with Crippen molar-refractivity contribution in [3.63, 3.8) is 0 Å². The first-order chi connectivity index (χ1) is 13.6. The van der Waals surface area contributed by atoms with Crippen molar-refractivity contribution in [3.8, 4) is 11.5 Å². The second-order valence-electron chi connectivity index (χ2n) is 6.05. The van der Waals surface area contributed by atoms with Gasteiger partial charge in [0.25, 0.3) is 5.91 Å². The number of anilines is 2. The molecule has 0 aliphatic carbocycles. The molecule has 8 heteroatoms. The average Bonchev–Trinajstić information content (AvgIpc) is 3.17. The van der Waals surface area contributed by atoms with Crippen LogP contribution >= 0.6 is 0 Å². The topological polar surface area (TPSA) is 72.5 Å². The Hall–Kier alpha value is -3.68. The smallest absolute Gasteiger partial charge is 0.255 e. The van der Waals surface area contributed by atoms with Gasteiger partial charge in [0.1, 0.15) is 5.82 Å². The number of fused-ring (bicyclic) bond motifs is 1. The van der Waals surface area contributed by atoms with E-state index in [0.717, 1.165) is 17.7 Å². The van der Waals surface area contributed by atoms with E-state index in [2.05, 4.69) is 15.6 Å². The maximum Gasteiger partial charge on any atom is 0.255 e. The van der Waals surface area contributed by atoms with Gasteiger partial charge in [-0.05, 0) is 42.0 Å². The molecule has 0 spiro atoms. The summed E-state index contributed by atoms with van der Waals surface area (Å²) in [5.74, 6) is -0.574. The highest BCUT2D eigenvalue weighted by Crippen LogP contribution is 2.32. The van der Waals surface area contributed by atoms with Gasteiger partial charge >= 0.3 is 0 Å². The summed E-state index contributed by atoms with van der Waals surface area (Å²) in [6, 6.07) is 11.9. The van der Waals surface area contributed by atoms with Crippen molar-refractivity contribution < 1.29 is 23.0 Å². The largest absolute Gasteiger partial charge is 0.454 e. The first-order valence-corrected chi connectivity index (χ1v) is 8.43. The zero-order chi connectivity index (χ0) is 19.5. The molecule has 0 fully saturated rings. The van der Waals surface area contributed by atoms with E-state index in [1.54, 1.807) is 6.07 Å². The van der Waals surface area contributed by atoms with Crippen LogP contribution in [0.25, 0.3) is 0 Å². The van der Waals surface area contributed by atoms with Gasteiger partial charge in [0.05, 0.1) is 0 Å². The molecule has 0 saturated carbocycles. The third kappa shape index (κ3) is 3.85. The van der Waals surface area contributed by atoms with E-state index in [0.29, 0.717) is 29.4 Å². The fourth-order valence-electron chi connectivity index (χ4n) is 2.69. The van der Waals surface area contributed by atoms with E-state index in [4.69, 9.17) is 9.47 Å². The first kappa shape index (κ1) is 17.7. The van der Waals surface area contributed by atoms with Crippen LogP contribution in [0, 0.1) is 11.6 Å². The fourth-order valence-corrected chi connectivity index (χ4v) is 2.69. The number of nitrogens with one attached hydrogen (secondary N) is 2. The van der Waals surface area contributed by atoms with Crippen LogP contribution in [-0.4, -0.2) is 17.7 Å². The van der Waals surface area contributed by atoms with E-state index in [1.807, 2.05) is 18.2 Å². The van der Waals surface area contributed by atoms with Gasteiger partial charge in [0.2, 0.25) is 6.79 Å². The maximum absolute atomic E-state index is 13.3. The molecule has 142 valence electrons. The number of aromatic nitrogens is 1. The third-order valence-corrected chi connectivity index (χ3v) is 4.11. The second kappa shape index (κ2) is 7.51. The monoisotopic (exact) mass is 383 g/mol. The number of amides is 1. The van der Waals surface area contributed by atoms with Crippen molar-refractivity contribution in [1.29, 1.82) is 0 Å². The van der Waals surface area contributed by atoms with Crippen molar-refractivity contribution in [2.75, 3.05) is 17.4 Å².